The van der Waals surface area contributed by atoms with Gasteiger partial charge in [-0.15, -0.1) is 0 Å². The number of aryl methyl sites for hydroxylation is 1. The molecule has 110 valence electrons. The number of hydrogen-bond donors (Lipinski definition) is 2. The Kier molecular flexibility index (Phi) is 4.96. The third-order valence-electron chi connectivity index (χ3n) is 3.03. The Bertz CT molecular complexity index is 673. The minimum atomic E-state index is -0.257. The highest BCUT2D eigenvalue weighted by atomic mass is 79.9. The van der Waals surface area contributed by atoms with Crippen LogP contribution in [0.1, 0.15) is 18.1 Å². The first-order chi connectivity index (χ1) is 9.95. The molecule has 0 aliphatic heterocycles. The molecule has 21 heavy (non-hydrogen) atoms. The predicted molar refractivity (Wildman–Crippen MR) is 86.9 cm³/mol. The van der Waals surface area contributed by atoms with Crippen molar-refractivity contribution in [2.24, 2.45) is 0 Å². The van der Waals surface area contributed by atoms with Crippen molar-refractivity contribution in [3.05, 3.63) is 57.8 Å². The number of amides is 1. The highest BCUT2D eigenvalue weighted by Crippen LogP contribution is 2.22. The molecule has 2 N–H and O–H groups in total. The van der Waals surface area contributed by atoms with Crippen LogP contribution < -0.4 is 10.6 Å². The van der Waals surface area contributed by atoms with E-state index in [0.717, 1.165) is 27.0 Å². The molecule has 0 spiro atoms. The van der Waals surface area contributed by atoms with Gasteiger partial charge in [0.15, 0.2) is 0 Å². The molecule has 0 aliphatic carbocycles. The van der Waals surface area contributed by atoms with Gasteiger partial charge in [0.05, 0.1) is 0 Å². The van der Waals surface area contributed by atoms with Gasteiger partial charge in [-0.25, -0.2) is 4.39 Å². The predicted octanol–water partition coefficient (Wildman–Crippen LogP) is 4.47. The summed E-state index contributed by atoms with van der Waals surface area (Å²) in [5, 5.41) is 6.01. The number of carbonyl (C=O) groups excluding carboxylic acids is 1. The number of rotatable bonds is 4. The number of benzene rings is 2. The summed E-state index contributed by atoms with van der Waals surface area (Å²) >= 11 is 3.40. The fourth-order valence-corrected chi connectivity index (χ4v) is 2.37. The molecule has 0 fully saturated rings. The average Bonchev–Trinajstić information content (AvgIpc) is 2.42. The molecule has 0 saturated heterocycles. The van der Waals surface area contributed by atoms with Crippen molar-refractivity contribution in [3.63, 3.8) is 0 Å². The standard InChI is InChI=1S/C16H16BrFN2O/c1-10-7-14(4-6-16(10)20-11(2)21)19-9-12-8-13(18)3-5-15(12)17/h3-8,19H,9H2,1-2H3,(H,20,21). The summed E-state index contributed by atoms with van der Waals surface area (Å²) in [5.74, 6) is -0.352. The Hall–Kier alpha value is -1.88. The maximum Gasteiger partial charge on any atom is 0.221 e. The van der Waals surface area contributed by atoms with Gasteiger partial charge in [-0.2, -0.15) is 0 Å². The van der Waals surface area contributed by atoms with Crippen molar-refractivity contribution < 1.29 is 9.18 Å². The van der Waals surface area contributed by atoms with Crippen molar-refractivity contribution >= 4 is 33.2 Å². The maximum absolute atomic E-state index is 13.2. The van der Waals surface area contributed by atoms with Crippen LogP contribution in [-0.2, 0) is 11.3 Å². The van der Waals surface area contributed by atoms with Gasteiger partial charge < -0.3 is 10.6 Å². The summed E-state index contributed by atoms with van der Waals surface area (Å²) in [4.78, 5) is 11.1. The molecule has 0 heterocycles. The largest absolute Gasteiger partial charge is 0.381 e. The second-order valence-electron chi connectivity index (χ2n) is 4.80. The van der Waals surface area contributed by atoms with E-state index in [0.29, 0.717) is 6.54 Å². The molecule has 0 radical (unpaired) electrons. The Morgan fingerprint density at radius 2 is 2.00 bits per heavy atom. The van der Waals surface area contributed by atoms with Crippen molar-refractivity contribution in [2.75, 3.05) is 10.6 Å². The molecule has 0 bridgehead atoms. The zero-order chi connectivity index (χ0) is 15.4. The van der Waals surface area contributed by atoms with E-state index >= 15 is 0 Å². The Balaban J connectivity index is 2.08. The quantitative estimate of drug-likeness (QED) is 0.854. The molecule has 2 rings (SSSR count). The van der Waals surface area contributed by atoms with Gasteiger partial charge in [0, 0.05) is 29.3 Å². The van der Waals surface area contributed by atoms with Gasteiger partial charge in [-0.1, -0.05) is 15.9 Å². The zero-order valence-electron chi connectivity index (χ0n) is 11.8. The number of carbonyl (C=O) groups is 1. The van der Waals surface area contributed by atoms with Crippen LogP contribution in [0, 0.1) is 12.7 Å². The topological polar surface area (TPSA) is 41.1 Å². The smallest absolute Gasteiger partial charge is 0.221 e. The molecule has 5 heteroatoms. The van der Waals surface area contributed by atoms with E-state index < -0.39 is 0 Å². The molecule has 1 amide bonds. The molecule has 0 unspecified atom stereocenters. The van der Waals surface area contributed by atoms with Gasteiger partial charge in [0.1, 0.15) is 5.82 Å². The van der Waals surface area contributed by atoms with Crippen LogP contribution in [0.2, 0.25) is 0 Å². The third kappa shape index (κ3) is 4.29. The van der Waals surface area contributed by atoms with Crippen LogP contribution in [0.4, 0.5) is 15.8 Å². The van der Waals surface area contributed by atoms with E-state index in [1.54, 1.807) is 6.07 Å². The van der Waals surface area contributed by atoms with E-state index in [1.807, 2.05) is 25.1 Å². The normalized spacial score (nSPS) is 10.3. The highest BCUT2D eigenvalue weighted by Gasteiger charge is 2.04. The summed E-state index contributed by atoms with van der Waals surface area (Å²) in [6, 6.07) is 10.3. The molecular formula is C16H16BrFN2O. The second kappa shape index (κ2) is 6.72. The van der Waals surface area contributed by atoms with Crippen LogP contribution >= 0.6 is 15.9 Å². The minimum absolute atomic E-state index is 0.0949. The van der Waals surface area contributed by atoms with Gasteiger partial charge >= 0.3 is 0 Å². The van der Waals surface area contributed by atoms with Gasteiger partial charge in [-0.05, 0) is 54.4 Å². The fourth-order valence-electron chi connectivity index (χ4n) is 1.98. The Labute approximate surface area is 131 Å². The Morgan fingerprint density at radius 1 is 1.24 bits per heavy atom. The van der Waals surface area contributed by atoms with Crippen LogP contribution in [0.25, 0.3) is 0 Å². The van der Waals surface area contributed by atoms with Crippen LogP contribution in [0.5, 0.6) is 0 Å². The van der Waals surface area contributed by atoms with E-state index in [2.05, 4.69) is 26.6 Å². The van der Waals surface area contributed by atoms with Crippen molar-refractivity contribution in [1.29, 1.82) is 0 Å². The summed E-state index contributed by atoms with van der Waals surface area (Å²) in [5.41, 5.74) is 3.52. The molecule has 2 aromatic carbocycles. The van der Waals surface area contributed by atoms with E-state index in [4.69, 9.17) is 0 Å². The third-order valence-corrected chi connectivity index (χ3v) is 3.80. The molecule has 0 aliphatic rings. The average molecular weight is 351 g/mol. The lowest BCUT2D eigenvalue weighted by atomic mass is 10.1. The van der Waals surface area contributed by atoms with E-state index in [1.165, 1.54) is 19.1 Å². The molecular weight excluding hydrogens is 335 g/mol. The van der Waals surface area contributed by atoms with Crippen molar-refractivity contribution in [3.8, 4) is 0 Å². The van der Waals surface area contributed by atoms with Crippen molar-refractivity contribution in [1.82, 2.24) is 0 Å². The van der Waals surface area contributed by atoms with Crippen LogP contribution in [0.15, 0.2) is 40.9 Å². The van der Waals surface area contributed by atoms with E-state index in [9.17, 15) is 9.18 Å². The number of nitrogens with one attached hydrogen (secondary N) is 2. The molecule has 0 aromatic heterocycles. The number of anilines is 2. The first-order valence-electron chi connectivity index (χ1n) is 6.52. The molecule has 0 atom stereocenters. The Morgan fingerprint density at radius 3 is 2.67 bits per heavy atom. The zero-order valence-corrected chi connectivity index (χ0v) is 13.4. The summed E-state index contributed by atoms with van der Waals surface area (Å²) in [7, 11) is 0. The monoisotopic (exact) mass is 350 g/mol. The lowest BCUT2D eigenvalue weighted by molar-refractivity contribution is -0.114. The van der Waals surface area contributed by atoms with Gasteiger partial charge in [0.2, 0.25) is 5.91 Å². The summed E-state index contributed by atoms with van der Waals surface area (Å²) < 4.78 is 14.1. The lowest BCUT2D eigenvalue weighted by Crippen LogP contribution is -2.07. The highest BCUT2D eigenvalue weighted by molar-refractivity contribution is 9.10. The summed E-state index contributed by atoms with van der Waals surface area (Å²) in [6.45, 7) is 3.92. The van der Waals surface area contributed by atoms with Gasteiger partial charge in [-0.3, -0.25) is 4.79 Å². The second-order valence-corrected chi connectivity index (χ2v) is 5.65. The molecule has 0 saturated carbocycles. The number of halogens is 2. The number of hydrogen-bond acceptors (Lipinski definition) is 2. The van der Waals surface area contributed by atoms with Crippen molar-refractivity contribution in [2.45, 2.75) is 20.4 Å². The van der Waals surface area contributed by atoms with Crippen LogP contribution in [-0.4, -0.2) is 5.91 Å². The first-order valence-corrected chi connectivity index (χ1v) is 7.31. The molecule has 2 aromatic rings. The fraction of sp³-hybridized carbons (Fsp3) is 0.188. The molecule has 3 nitrogen and oxygen atoms in total. The van der Waals surface area contributed by atoms with Gasteiger partial charge in [0.25, 0.3) is 0 Å². The SMILES string of the molecule is CC(=O)Nc1ccc(NCc2cc(F)ccc2Br)cc1C. The lowest BCUT2D eigenvalue weighted by Gasteiger charge is -2.12. The minimum Gasteiger partial charge on any atom is -0.381 e. The maximum atomic E-state index is 13.2. The summed E-state index contributed by atoms with van der Waals surface area (Å²) in [6.07, 6.45) is 0. The van der Waals surface area contributed by atoms with E-state index in [-0.39, 0.29) is 11.7 Å². The first kappa shape index (κ1) is 15.5. The van der Waals surface area contributed by atoms with Crippen LogP contribution in [0.3, 0.4) is 0 Å².